The van der Waals surface area contributed by atoms with Crippen molar-refractivity contribution in [1.29, 1.82) is 0 Å². The smallest absolute Gasteiger partial charge is 0.307 e. The van der Waals surface area contributed by atoms with Crippen molar-refractivity contribution in [2.24, 2.45) is 5.92 Å². The molecular formula is C16H21NO3. The van der Waals surface area contributed by atoms with E-state index in [1.54, 1.807) is 0 Å². The second-order valence-electron chi connectivity index (χ2n) is 5.65. The van der Waals surface area contributed by atoms with Gasteiger partial charge in [0.2, 0.25) is 0 Å². The summed E-state index contributed by atoms with van der Waals surface area (Å²) in [5.41, 5.74) is 2.80. The quantitative estimate of drug-likeness (QED) is 0.856. The highest BCUT2D eigenvalue weighted by atomic mass is 16.4. The zero-order valence-corrected chi connectivity index (χ0v) is 12.1. The molecule has 0 radical (unpaired) electrons. The Kier molecular flexibility index (Phi) is 4.55. The van der Waals surface area contributed by atoms with Gasteiger partial charge in [-0.3, -0.25) is 14.5 Å². The molecule has 0 saturated carbocycles. The molecular weight excluding hydrogens is 254 g/mol. The topological polar surface area (TPSA) is 57.6 Å². The molecule has 0 aliphatic carbocycles. The minimum Gasteiger partial charge on any atom is -0.481 e. The molecule has 1 saturated heterocycles. The first-order chi connectivity index (χ1) is 9.47. The molecule has 20 heavy (non-hydrogen) atoms. The fraction of sp³-hybridized carbons (Fsp3) is 0.500. The molecule has 1 aromatic rings. The van der Waals surface area contributed by atoms with Crippen LogP contribution in [0.2, 0.25) is 0 Å². The van der Waals surface area contributed by atoms with Gasteiger partial charge in [-0.25, -0.2) is 0 Å². The fourth-order valence-electron chi connectivity index (χ4n) is 2.73. The maximum atomic E-state index is 12.4. The van der Waals surface area contributed by atoms with E-state index in [0.29, 0.717) is 19.5 Å². The maximum Gasteiger partial charge on any atom is 0.307 e. The first-order valence-corrected chi connectivity index (χ1v) is 7.03. The van der Waals surface area contributed by atoms with Crippen molar-refractivity contribution in [2.75, 3.05) is 19.6 Å². The molecule has 0 spiro atoms. The number of hydrogen-bond acceptors (Lipinski definition) is 3. The van der Waals surface area contributed by atoms with Crippen molar-refractivity contribution in [1.82, 2.24) is 4.90 Å². The number of carboxylic acids is 1. The molecule has 1 N–H and O–H groups in total. The van der Waals surface area contributed by atoms with Crippen molar-refractivity contribution in [3.8, 4) is 0 Å². The Labute approximate surface area is 119 Å². The Bertz CT molecular complexity index is 524. The summed E-state index contributed by atoms with van der Waals surface area (Å²) in [6.45, 7) is 5.50. The molecule has 4 nitrogen and oxygen atoms in total. The van der Waals surface area contributed by atoms with Crippen molar-refractivity contribution >= 4 is 11.8 Å². The van der Waals surface area contributed by atoms with E-state index in [1.807, 2.05) is 36.9 Å². The number of aryl methyl sites for hydroxylation is 2. The van der Waals surface area contributed by atoms with E-state index in [2.05, 4.69) is 0 Å². The second-order valence-corrected chi connectivity index (χ2v) is 5.65. The molecule has 1 heterocycles. The third-order valence-corrected chi connectivity index (χ3v) is 3.92. The number of aliphatic carboxylic acids is 1. The molecule has 2 rings (SSSR count). The van der Waals surface area contributed by atoms with Crippen LogP contribution in [-0.4, -0.2) is 41.4 Å². The molecule has 1 fully saturated rings. The van der Waals surface area contributed by atoms with E-state index in [9.17, 15) is 9.59 Å². The van der Waals surface area contributed by atoms with E-state index >= 15 is 0 Å². The van der Waals surface area contributed by atoms with Gasteiger partial charge < -0.3 is 5.11 Å². The number of carbonyl (C=O) groups is 2. The van der Waals surface area contributed by atoms with Gasteiger partial charge in [0, 0.05) is 12.1 Å². The lowest BCUT2D eigenvalue weighted by Crippen LogP contribution is -2.41. The summed E-state index contributed by atoms with van der Waals surface area (Å²) in [4.78, 5) is 25.4. The zero-order chi connectivity index (χ0) is 14.7. The van der Waals surface area contributed by atoms with Crippen LogP contribution in [0.1, 0.15) is 34.3 Å². The van der Waals surface area contributed by atoms with Crippen LogP contribution in [0.15, 0.2) is 18.2 Å². The molecule has 0 amide bonds. The molecule has 1 aliphatic heterocycles. The lowest BCUT2D eigenvalue weighted by molar-refractivity contribution is -0.143. The highest BCUT2D eigenvalue weighted by Crippen LogP contribution is 2.18. The summed E-state index contributed by atoms with van der Waals surface area (Å²) < 4.78 is 0. The molecule has 4 heteroatoms. The minimum absolute atomic E-state index is 0.0808. The average Bonchev–Trinajstić information content (AvgIpc) is 2.41. The summed E-state index contributed by atoms with van der Waals surface area (Å²) in [5.74, 6) is -1.01. The SMILES string of the molecule is Cc1ccc(C)c(C(=O)CN2CCCC(C(=O)O)C2)c1. The van der Waals surface area contributed by atoms with Crippen molar-refractivity contribution in [2.45, 2.75) is 26.7 Å². The minimum atomic E-state index is -0.756. The lowest BCUT2D eigenvalue weighted by Gasteiger charge is -2.30. The third-order valence-electron chi connectivity index (χ3n) is 3.92. The van der Waals surface area contributed by atoms with Crippen LogP contribution in [0.3, 0.4) is 0 Å². The molecule has 108 valence electrons. The first kappa shape index (κ1) is 14.7. The standard InChI is InChI=1S/C16H21NO3/c1-11-5-6-12(2)14(8-11)15(18)10-17-7-3-4-13(9-17)16(19)20/h5-6,8,13H,3-4,7,9-10H2,1-2H3,(H,19,20). The van der Waals surface area contributed by atoms with E-state index in [4.69, 9.17) is 5.11 Å². The van der Waals surface area contributed by atoms with E-state index in [-0.39, 0.29) is 11.7 Å². The van der Waals surface area contributed by atoms with Gasteiger partial charge in [-0.2, -0.15) is 0 Å². The van der Waals surface area contributed by atoms with Crippen LogP contribution in [0.25, 0.3) is 0 Å². The van der Waals surface area contributed by atoms with Crippen molar-refractivity contribution in [3.05, 3.63) is 34.9 Å². The summed E-state index contributed by atoms with van der Waals surface area (Å²) in [6, 6.07) is 5.86. The summed E-state index contributed by atoms with van der Waals surface area (Å²) in [7, 11) is 0. The number of Topliss-reactive ketones (excluding diaryl/α,β-unsaturated/α-hetero) is 1. The predicted octanol–water partition coefficient (Wildman–Crippen LogP) is 2.28. The Morgan fingerprint density at radius 1 is 1.35 bits per heavy atom. The maximum absolute atomic E-state index is 12.4. The number of benzene rings is 1. The molecule has 1 aromatic carbocycles. The fourth-order valence-corrected chi connectivity index (χ4v) is 2.73. The normalized spacial score (nSPS) is 19.8. The van der Waals surface area contributed by atoms with Gasteiger partial charge in [-0.1, -0.05) is 17.7 Å². The highest BCUT2D eigenvalue weighted by Gasteiger charge is 2.26. The molecule has 1 unspecified atom stereocenters. The monoisotopic (exact) mass is 275 g/mol. The van der Waals surface area contributed by atoms with E-state index in [1.165, 1.54) is 0 Å². The molecule has 0 aromatic heterocycles. The molecule has 1 aliphatic rings. The van der Waals surface area contributed by atoms with Crippen LogP contribution in [0.5, 0.6) is 0 Å². The number of carbonyl (C=O) groups excluding carboxylic acids is 1. The zero-order valence-electron chi connectivity index (χ0n) is 12.1. The number of nitrogens with zero attached hydrogens (tertiary/aromatic N) is 1. The third kappa shape index (κ3) is 3.45. The van der Waals surface area contributed by atoms with Gasteiger partial charge in [0.25, 0.3) is 0 Å². The van der Waals surface area contributed by atoms with Crippen LogP contribution in [0, 0.1) is 19.8 Å². The van der Waals surface area contributed by atoms with Crippen molar-refractivity contribution < 1.29 is 14.7 Å². The number of likely N-dealkylation sites (tertiary alicyclic amines) is 1. The summed E-state index contributed by atoms with van der Waals surface area (Å²) in [6.07, 6.45) is 1.56. The van der Waals surface area contributed by atoms with Crippen molar-refractivity contribution in [3.63, 3.8) is 0 Å². The van der Waals surface area contributed by atoms with Gasteiger partial charge >= 0.3 is 5.97 Å². The summed E-state index contributed by atoms with van der Waals surface area (Å²) >= 11 is 0. The predicted molar refractivity (Wildman–Crippen MR) is 77.0 cm³/mol. The Morgan fingerprint density at radius 2 is 2.10 bits per heavy atom. The highest BCUT2D eigenvalue weighted by molar-refractivity contribution is 5.99. The average molecular weight is 275 g/mol. The lowest BCUT2D eigenvalue weighted by atomic mass is 9.97. The van der Waals surface area contributed by atoms with E-state index < -0.39 is 5.97 Å². The Hall–Kier alpha value is -1.68. The van der Waals surface area contributed by atoms with Crippen LogP contribution in [0.4, 0.5) is 0 Å². The largest absolute Gasteiger partial charge is 0.481 e. The number of ketones is 1. The van der Waals surface area contributed by atoms with Gasteiger partial charge in [-0.05, 0) is 44.9 Å². The Balaban J connectivity index is 2.04. The van der Waals surface area contributed by atoms with Crippen LogP contribution < -0.4 is 0 Å². The van der Waals surface area contributed by atoms with E-state index in [0.717, 1.165) is 29.7 Å². The van der Waals surface area contributed by atoms with Crippen LogP contribution >= 0.6 is 0 Å². The molecule has 0 bridgehead atoms. The van der Waals surface area contributed by atoms with Gasteiger partial charge in [-0.15, -0.1) is 0 Å². The number of hydrogen-bond donors (Lipinski definition) is 1. The van der Waals surface area contributed by atoms with Crippen LogP contribution in [-0.2, 0) is 4.79 Å². The number of carboxylic acid groups (broad SMARTS) is 1. The van der Waals surface area contributed by atoms with Gasteiger partial charge in [0.15, 0.2) is 5.78 Å². The number of piperidine rings is 1. The first-order valence-electron chi connectivity index (χ1n) is 7.03. The second kappa shape index (κ2) is 6.18. The van der Waals surface area contributed by atoms with Gasteiger partial charge in [0.05, 0.1) is 12.5 Å². The Morgan fingerprint density at radius 3 is 2.80 bits per heavy atom. The van der Waals surface area contributed by atoms with Gasteiger partial charge in [0.1, 0.15) is 0 Å². The molecule has 1 atom stereocenters. The number of rotatable bonds is 4. The summed E-state index contributed by atoms with van der Waals surface area (Å²) in [5, 5.41) is 9.08.